The number of fused-ring (bicyclic) bond motifs is 2. The first-order chi connectivity index (χ1) is 11.6. The van der Waals surface area contributed by atoms with Gasteiger partial charge in [-0.1, -0.05) is 11.3 Å². The zero-order valence-corrected chi connectivity index (χ0v) is 12.9. The van der Waals surface area contributed by atoms with Crippen molar-refractivity contribution in [1.82, 2.24) is 15.0 Å². The first kappa shape index (κ1) is 14.5. The summed E-state index contributed by atoms with van der Waals surface area (Å²) in [6, 6.07) is 8.92. The average Bonchev–Trinajstić information content (AvgIpc) is 3.14. The molecule has 0 spiro atoms. The van der Waals surface area contributed by atoms with E-state index in [2.05, 4.69) is 20.3 Å². The number of halogens is 1. The molecule has 4 rings (SSSR count). The van der Waals surface area contributed by atoms with Crippen LogP contribution in [-0.4, -0.2) is 19.9 Å². The summed E-state index contributed by atoms with van der Waals surface area (Å²) in [6.45, 7) is 0.380. The molecule has 0 unspecified atom stereocenters. The quantitative estimate of drug-likeness (QED) is 0.433. The Kier molecular flexibility index (Phi) is 3.35. The molecule has 120 valence electrons. The van der Waals surface area contributed by atoms with Gasteiger partial charge in [0.25, 0.3) is 5.69 Å². The minimum Gasteiger partial charge on any atom is -0.354 e. The molecule has 0 aliphatic rings. The molecular formula is C15H10FN5O2S. The van der Waals surface area contributed by atoms with Crippen molar-refractivity contribution in [2.24, 2.45) is 0 Å². The van der Waals surface area contributed by atoms with Crippen molar-refractivity contribution in [2.45, 2.75) is 6.54 Å². The summed E-state index contributed by atoms with van der Waals surface area (Å²) in [5.74, 6) is 0.340. The SMILES string of the molecule is O=[N+]([O-])c1ccc2nc(CNc3nc4ccc(F)cc4s3)[nH]c2c1. The molecule has 24 heavy (non-hydrogen) atoms. The van der Waals surface area contributed by atoms with Crippen LogP contribution in [0.5, 0.6) is 0 Å². The number of hydrogen-bond acceptors (Lipinski definition) is 6. The topological polar surface area (TPSA) is 96.7 Å². The van der Waals surface area contributed by atoms with E-state index in [1.807, 2.05) is 0 Å². The van der Waals surface area contributed by atoms with Crippen LogP contribution in [0.1, 0.15) is 5.82 Å². The van der Waals surface area contributed by atoms with Crippen molar-refractivity contribution >= 4 is 43.4 Å². The van der Waals surface area contributed by atoms with E-state index in [1.165, 1.54) is 35.6 Å². The number of H-pyrrole nitrogens is 1. The van der Waals surface area contributed by atoms with E-state index < -0.39 is 4.92 Å². The molecule has 2 heterocycles. The normalized spacial score (nSPS) is 11.2. The molecule has 0 amide bonds. The van der Waals surface area contributed by atoms with Crippen molar-refractivity contribution in [3.63, 3.8) is 0 Å². The van der Waals surface area contributed by atoms with E-state index in [1.54, 1.807) is 12.1 Å². The fraction of sp³-hybridized carbons (Fsp3) is 0.0667. The zero-order chi connectivity index (χ0) is 16.7. The third-order valence-electron chi connectivity index (χ3n) is 3.48. The van der Waals surface area contributed by atoms with E-state index in [9.17, 15) is 14.5 Å². The number of nitrogens with one attached hydrogen (secondary N) is 2. The smallest absolute Gasteiger partial charge is 0.271 e. The highest BCUT2D eigenvalue weighted by atomic mass is 32.1. The van der Waals surface area contributed by atoms with E-state index >= 15 is 0 Å². The molecule has 0 bridgehead atoms. The van der Waals surface area contributed by atoms with Gasteiger partial charge in [-0.15, -0.1) is 0 Å². The Morgan fingerprint density at radius 2 is 2.04 bits per heavy atom. The standard InChI is InChI=1S/C15H10FN5O2S/c16-8-1-3-11-13(5-8)24-15(20-11)17-7-14-18-10-4-2-9(21(22)23)6-12(10)19-14/h1-6H,7H2,(H,17,20)(H,18,19). The van der Waals surface area contributed by atoms with Crippen LogP contribution >= 0.6 is 11.3 Å². The van der Waals surface area contributed by atoms with Gasteiger partial charge < -0.3 is 10.3 Å². The molecule has 0 aliphatic heterocycles. The number of anilines is 1. The van der Waals surface area contributed by atoms with Crippen molar-refractivity contribution < 1.29 is 9.31 Å². The van der Waals surface area contributed by atoms with Crippen molar-refractivity contribution in [3.8, 4) is 0 Å². The highest BCUT2D eigenvalue weighted by molar-refractivity contribution is 7.22. The minimum absolute atomic E-state index is 0.0128. The molecule has 4 aromatic rings. The molecule has 0 fully saturated rings. The molecule has 2 N–H and O–H groups in total. The molecule has 0 saturated heterocycles. The maximum Gasteiger partial charge on any atom is 0.271 e. The summed E-state index contributed by atoms with van der Waals surface area (Å²) in [4.78, 5) is 22.1. The maximum absolute atomic E-state index is 13.2. The lowest BCUT2D eigenvalue weighted by molar-refractivity contribution is -0.384. The number of aromatic nitrogens is 3. The van der Waals surface area contributed by atoms with Crippen LogP contribution in [0, 0.1) is 15.9 Å². The number of thiazole rings is 1. The van der Waals surface area contributed by atoms with Gasteiger partial charge in [-0.25, -0.2) is 14.4 Å². The largest absolute Gasteiger partial charge is 0.354 e. The van der Waals surface area contributed by atoms with Crippen LogP contribution in [0.3, 0.4) is 0 Å². The first-order valence-electron chi connectivity index (χ1n) is 7.01. The second-order valence-corrected chi connectivity index (χ2v) is 6.16. The van der Waals surface area contributed by atoms with E-state index in [-0.39, 0.29) is 11.5 Å². The third-order valence-corrected chi connectivity index (χ3v) is 4.46. The van der Waals surface area contributed by atoms with Crippen LogP contribution in [0.2, 0.25) is 0 Å². The van der Waals surface area contributed by atoms with Gasteiger partial charge in [0.15, 0.2) is 5.13 Å². The summed E-state index contributed by atoms with van der Waals surface area (Å²) in [5.41, 5.74) is 2.00. The minimum atomic E-state index is -0.446. The Labute approximate surface area is 138 Å². The summed E-state index contributed by atoms with van der Waals surface area (Å²) in [6.07, 6.45) is 0. The van der Waals surface area contributed by atoms with Gasteiger partial charge in [0, 0.05) is 12.1 Å². The van der Waals surface area contributed by atoms with E-state index in [0.29, 0.717) is 28.5 Å². The predicted octanol–water partition coefficient (Wildman–Crippen LogP) is 3.83. The summed E-state index contributed by atoms with van der Waals surface area (Å²) >= 11 is 1.35. The van der Waals surface area contributed by atoms with Crippen LogP contribution < -0.4 is 5.32 Å². The van der Waals surface area contributed by atoms with Gasteiger partial charge in [-0.05, 0) is 24.3 Å². The van der Waals surface area contributed by atoms with Gasteiger partial charge in [-0.2, -0.15) is 0 Å². The number of nitrogens with zero attached hydrogens (tertiary/aromatic N) is 3. The Hall–Kier alpha value is -3.07. The molecule has 0 aliphatic carbocycles. The lowest BCUT2D eigenvalue weighted by atomic mass is 10.3. The van der Waals surface area contributed by atoms with Crippen molar-refractivity contribution in [1.29, 1.82) is 0 Å². The molecule has 0 radical (unpaired) electrons. The van der Waals surface area contributed by atoms with Gasteiger partial charge in [0.05, 0.1) is 32.7 Å². The van der Waals surface area contributed by atoms with Crippen LogP contribution in [-0.2, 0) is 6.54 Å². The van der Waals surface area contributed by atoms with Crippen LogP contribution in [0.15, 0.2) is 36.4 Å². The lowest BCUT2D eigenvalue weighted by Gasteiger charge is -1.97. The molecule has 2 aromatic heterocycles. The third kappa shape index (κ3) is 2.65. The molecule has 0 atom stereocenters. The summed E-state index contributed by atoms with van der Waals surface area (Å²) < 4.78 is 14.0. The van der Waals surface area contributed by atoms with Crippen molar-refractivity contribution in [3.05, 3.63) is 58.2 Å². The lowest BCUT2D eigenvalue weighted by Crippen LogP contribution is -2.00. The second kappa shape index (κ2) is 5.53. The zero-order valence-electron chi connectivity index (χ0n) is 12.1. The molecule has 9 heteroatoms. The van der Waals surface area contributed by atoms with Gasteiger partial charge in [-0.3, -0.25) is 10.1 Å². The molecule has 2 aromatic carbocycles. The fourth-order valence-corrected chi connectivity index (χ4v) is 3.27. The Morgan fingerprint density at radius 3 is 2.88 bits per heavy atom. The number of aromatic amines is 1. The number of hydrogen-bond donors (Lipinski definition) is 2. The van der Waals surface area contributed by atoms with Crippen LogP contribution in [0.25, 0.3) is 21.3 Å². The van der Waals surface area contributed by atoms with Gasteiger partial charge >= 0.3 is 0 Å². The maximum atomic E-state index is 13.2. The van der Waals surface area contributed by atoms with Gasteiger partial charge in [0.1, 0.15) is 11.6 Å². The monoisotopic (exact) mass is 343 g/mol. The Morgan fingerprint density at radius 1 is 1.21 bits per heavy atom. The Bertz CT molecular complexity index is 1070. The highest BCUT2D eigenvalue weighted by Gasteiger charge is 2.10. The van der Waals surface area contributed by atoms with Gasteiger partial charge in [0.2, 0.25) is 0 Å². The van der Waals surface area contributed by atoms with Crippen LogP contribution in [0.4, 0.5) is 15.2 Å². The highest BCUT2D eigenvalue weighted by Crippen LogP contribution is 2.27. The number of imidazole rings is 1. The molecule has 7 nitrogen and oxygen atoms in total. The molecular weight excluding hydrogens is 333 g/mol. The summed E-state index contributed by atoms with van der Waals surface area (Å²) in [5, 5.41) is 14.6. The number of nitro benzene ring substituents is 1. The first-order valence-corrected chi connectivity index (χ1v) is 7.83. The fourth-order valence-electron chi connectivity index (χ4n) is 2.38. The molecule has 0 saturated carbocycles. The van der Waals surface area contributed by atoms with E-state index in [0.717, 1.165) is 10.2 Å². The number of rotatable bonds is 4. The predicted molar refractivity (Wildman–Crippen MR) is 89.7 cm³/mol. The number of nitro groups is 1. The summed E-state index contributed by atoms with van der Waals surface area (Å²) in [7, 11) is 0. The second-order valence-electron chi connectivity index (χ2n) is 5.13. The van der Waals surface area contributed by atoms with Crippen molar-refractivity contribution in [2.75, 3.05) is 5.32 Å². The van der Waals surface area contributed by atoms with E-state index in [4.69, 9.17) is 0 Å². The average molecular weight is 343 g/mol. The number of non-ortho nitro benzene ring substituents is 1. The number of benzene rings is 2. The Balaban J connectivity index is 1.56.